The Labute approximate surface area is 130 Å². The topological polar surface area (TPSA) is 32.5 Å². The summed E-state index contributed by atoms with van der Waals surface area (Å²) in [6.45, 7) is 9.83. The molecule has 1 fully saturated rings. The Morgan fingerprint density at radius 2 is 1.81 bits per heavy atom. The fraction of sp³-hybridized carbons (Fsp3) is 0.667. The largest absolute Gasteiger partial charge is 0.329 e. The van der Waals surface area contributed by atoms with Crippen LogP contribution in [0, 0.1) is 5.92 Å². The van der Waals surface area contributed by atoms with E-state index in [2.05, 4.69) is 61.0 Å². The molecule has 0 spiro atoms. The number of benzene rings is 1. The number of nitrogens with two attached hydrogens (primary N) is 1. The predicted molar refractivity (Wildman–Crippen MR) is 90.2 cm³/mol. The molecule has 0 radical (unpaired) electrons. The van der Waals surface area contributed by atoms with Crippen molar-refractivity contribution in [1.29, 1.82) is 0 Å². The first-order valence-electron chi connectivity index (χ1n) is 8.23. The highest BCUT2D eigenvalue weighted by Gasteiger charge is 2.36. The minimum atomic E-state index is 0.206. The molecule has 1 aliphatic heterocycles. The Balaban J connectivity index is 1.91. The Hall–Kier alpha value is -0.900. The third-order valence-electron chi connectivity index (χ3n) is 4.86. The van der Waals surface area contributed by atoms with Gasteiger partial charge < -0.3 is 5.73 Å². The van der Waals surface area contributed by atoms with Gasteiger partial charge in [-0.05, 0) is 31.4 Å². The van der Waals surface area contributed by atoms with Crippen LogP contribution < -0.4 is 5.73 Å². The van der Waals surface area contributed by atoms with E-state index in [0.717, 1.165) is 32.7 Å². The fourth-order valence-corrected chi connectivity index (χ4v) is 3.45. The van der Waals surface area contributed by atoms with Gasteiger partial charge in [0.2, 0.25) is 0 Å². The van der Waals surface area contributed by atoms with Gasteiger partial charge >= 0.3 is 0 Å². The standard InChI is InChI=1S/C18H31N3/c1-16(2)13-20(3)18(15-19)9-11-21(12-10-18)14-17-7-5-4-6-8-17/h4-8,16H,9-15,19H2,1-3H3. The van der Waals surface area contributed by atoms with Gasteiger partial charge in [-0.3, -0.25) is 9.80 Å². The lowest BCUT2D eigenvalue weighted by Gasteiger charge is -2.47. The molecule has 21 heavy (non-hydrogen) atoms. The van der Waals surface area contributed by atoms with Crippen LogP contribution in [0.15, 0.2) is 30.3 Å². The molecule has 1 aliphatic rings. The summed E-state index contributed by atoms with van der Waals surface area (Å²) in [5.41, 5.74) is 7.77. The van der Waals surface area contributed by atoms with Crippen LogP contribution in [0.4, 0.5) is 0 Å². The van der Waals surface area contributed by atoms with E-state index in [0.29, 0.717) is 5.92 Å². The quantitative estimate of drug-likeness (QED) is 0.873. The van der Waals surface area contributed by atoms with Crippen LogP contribution in [-0.4, -0.2) is 48.6 Å². The first-order chi connectivity index (χ1) is 10.1. The van der Waals surface area contributed by atoms with E-state index < -0.39 is 0 Å². The summed E-state index contributed by atoms with van der Waals surface area (Å²) in [6.07, 6.45) is 2.36. The van der Waals surface area contributed by atoms with E-state index in [1.54, 1.807) is 0 Å². The summed E-state index contributed by atoms with van der Waals surface area (Å²) >= 11 is 0. The van der Waals surface area contributed by atoms with Crippen molar-refractivity contribution in [2.24, 2.45) is 11.7 Å². The van der Waals surface area contributed by atoms with Crippen LogP contribution in [0.1, 0.15) is 32.3 Å². The Morgan fingerprint density at radius 1 is 1.19 bits per heavy atom. The van der Waals surface area contributed by atoms with Gasteiger partial charge in [0.05, 0.1) is 0 Å². The molecular weight excluding hydrogens is 258 g/mol. The van der Waals surface area contributed by atoms with E-state index >= 15 is 0 Å². The van der Waals surface area contributed by atoms with E-state index in [4.69, 9.17) is 5.73 Å². The Bertz CT molecular complexity index is 408. The molecule has 2 N–H and O–H groups in total. The van der Waals surface area contributed by atoms with Crippen molar-refractivity contribution in [2.45, 2.75) is 38.8 Å². The molecule has 0 atom stereocenters. The summed E-state index contributed by atoms with van der Waals surface area (Å²) in [5, 5.41) is 0. The van der Waals surface area contributed by atoms with Gasteiger partial charge in [-0.15, -0.1) is 0 Å². The lowest BCUT2D eigenvalue weighted by Crippen LogP contribution is -2.58. The maximum atomic E-state index is 6.15. The van der Waals surface area contributed by atoms with Gasteiger partial charge in [0.25, 0.3) is 0 Å². The van der Waals surface area contributed by atoms with Crippen molar-refractivity contribution in [1.82, 2.24) is 9.80 Å². The van der Waals surface area contributed by atoms with Crippen molar-refractivity contribution in [2.75, 3.05) is 33.2 Å². The Morgan fingerprint density at radius 3 is 2.33 bits per heavy atom. The zero-order valence-electron chi connectivity index (χ0n) is 13.9. The van der Waals surface area contributed by atoms with Gasteiger partial charge in [0, 0.05) is 38.3 Å². The molecule has 1 heterocycles. The summed E-state index contributed by atoms with van der Waals surface area (Å²) in [6, 6.07) is 10.8. The fourth-order valence-electron chi connectivity index (χ4n) is 3.45. The molecule has 0 unspecified atom stereocenters. The molecule has 0 aliphatic carbocycles. The summed E-state index contributed by atoms with van der Waals surface area (Å²) < 4.78 is 0. The van der Waals surface area contributed by atoms with Gasteiger partial charge in [-0.25, -0.2) is 0 Å². The molecule has 1 aromatic carbocycles. The van der Waals surface area contributed by atoms with Gasteiger partial charge in [-0.2, -0.15) is 0 Å². The number of likely N-dealkylation sites (N-methyl/N-ethyl adjacent to an activating group) is 1. The van der Waals surface area contributed by atoms with E-state index in [1.165, 1.54) is 18.4 Å². The van der Waals surface area contributed by atoms with Crippen molar-refractivity contribution in [3.8, 4) is 0 Å². The summed E-state index contributed by atoms with van der Waals surface area (Å²) in [4.78, 5) is 5.07. The van der Waals surface area contributed by atoms with Crippen molar-refractivity contribution < 1.29 is 0 Å². The third kappa shape index (κ3) is 4.29. The minimum absolute atomic E-state index is 0.206. The van der Waals surface area contributed by atoms with Crippen LogP contribution in [0.5, 0.6) is 0 Å². The third-order valence-corrected chi connectivity index (χ3v) is 4.86. The summed E-state index contributed by atoms with van der Waals surface area (Å²) in [5.74, 6) is 0.695. The molecule has 3 heteroatoms. The number of rotatable bonds is 6. The zero-order chi connectivity index (χ0) is 15.3. The number of nitrogens with zero attached hydrogens (tertiary/aromatic N) is 2. The second kappa shape index (κ2) is 7.39. The molecule has 1 saturated heterocycles. The van der Waals surface area contributed by atoms with Crippen molar-refractivity contribution in [3.63, 3.8) is 0 Å². The number of piperidine rings is 1. The zero-order valence-corrected chi connectivity index (χ0v) is 13.9. The smallest absolute Gasteiger partial charge is 0.0353 e. The molecule has 0 amide bonds. The number of hydrogen-bond acceptors (Lipinski definition) is 3. The molecule has 0 aromatic heterocycles. The van der Waals surface area contributed by atoms with E-state index in [1.807, 2.05) is 0 Å². The van der Waals surface area contributed by atoms with Crippen molar-refractivity contribution in [3.05, 3.63) is 35.9 Å². The number of hydrogen-bond donors (Lipinski definition) is 1. The first-order valence-corrected chi connectivity index (χ1v) is 8.23. The average molecular weight is 289 g/mol. The molecule has 3 nitrogen and oxygen atoms in total. The number of likely N-dealkylation sites (tertiary alicyclic amines) is 1. The van der Waals surface area contributed by atoms with Crippen LogP contribution in [0.25, 0.3) is 0 Å². The van der Waals surface area contributed by atoms with Crippen molar-refractivity contribution >= 4 is 0 Å². The van der Waals surface area contributed by atoms with Gasteiger partial charge in [0.1, 0.15) is 0 Å². The molecule has 2 rings (SSSR count). The van der Waals surface area contributed by atoms with E-state index in [-0.39, 0.29) is 5.54 Å². The molecule has 0 saturated carbocycles. The highest BCUT2D eigenvalue weighted by Crippen LogP contribution is 2.28. The highest BCUT2D eigenvalue weighted by molar-refractivity contribution is 5.14. The second-order valence-electron chi connectivity index (χ2n) is 6.96. The maximum Gasteiger partial charge on any atom is 0.0353 e. The second-order valence-corrected chi connectivity index (χ2v) is 6.96. The van der Waals surface area contributed by atoms with Crippen LogP contribution in [-0.2, 0) is 6.54 Å². The predicted octanol–water partition coefficient (Wildman–Crippen LogP) is 2.57. The van der Waals surface area contributed by atoms with Gasteiger partial charge in [-0.1, -0.05) is 44.2 Å². The lowest BCUT2D eigenvalue weighted by atomic mass is 9.85. The average Bonchev–Trinajstić information content (AvgIpc) is 2.48. The monoisotopic (exact) mass is 289 g/mol. The highest BCUT2D eigenvalue weighted by atomic mass is 15.2. The SMILES string of the molecule is CC(C)CN(C)C1(CN)CCN(Cc2ccccc2)CC1. The van der Waals surface area contributed by atoms with E-state index in [9.17, 15) is 0 Å². The van der Waals surface area contributed by atoms with Crippen LogP contribution in [0.2, 0.25) is 0 Å². The summed E-state index contributed by atoms with van der Waals surface area (Å²) in [7, 11) is 2.25. The minimum Gasteiger partial charge on any atom is -0.329 e. The van der Waals surface area contributed by atoms with Gasteiger partial charge in [0.15, 0.2) is 0 Å². The normalized spacial score (nSPS) is 19.3. The van der Waals surface area contributed by atoms with Crippen LogP contribution >= 0.6 is 0 Å². The molecule has 1 aromatic rings. The first kappa shape index (κ1) is 16.5. The molecule has 0 bridgehead atoms. The maximum absolute atomic E-state index is 6.15. The molecular formula is C18H31N3. The van der Waals surface area contributed by atoms with Crippen LogP contribution in [0.3, 0.4) is 0 Å². The Kier molecular flexibility index (Phi) is 5.80. The lowest BCUT2D eigenvalue weighted by molar-refractivity contribution is 0.0355. The molecule has 118 valence electrons.